The van der Waals surface area contributed by atoms with Gasteiger partial charge in [-0.05, 0) is 29.8 Å². The molecule has 2 aromatic carbocycles. The summed E-state index contributed by atoms with van der Waals surface area (Å²) in [7, 11) is 0. The van der Waals surface area contributed by atoms with E-state index in [9.17, 15) is 5.11 Å². The fourth-order valence-electron chi connectivity index (χ4n) is 2.59. The molecule has 3 rings (SSSR count). The van der Waals surface area contributed by atoms with E-state index < -0.39 is 0 Å². The van der Waals surface area contributed by atoms with Crippen LogP contribution in [0.5, 0.6) is 0 Å². The van der Waals surface area contributed by atoms with Gasteiger partial charge in [-0.3, -0.25) is 4.98 Å². The maximum absolute atomic E-state index is 9.42. The quantitative estimate of drug-likeness (QED) is 0.776. The van der Waals surface area contributed by atoms with Gasteiger partial charge in [0.2, 0.25) is 0 Å². The van der Waals surface area contributed by atoms with Crippen molar-refractivity contribution in [1.82, 2.24) is 4.98 Å². The summed E-state index contributed by atoms with van der Waals surface area (Å²) in [6.07, 6.45) is 1.79. The van der Waals surface area contributed by atoms with Gasteiger partial charge in [-0.15, -0.1) is 0 Å². The molecule has 1 N–H and O–H groups in total. The third-order valence-electron chi connectivity index (χ3n) is 3.61. The highest BCUT2D eigenvalue weighted by atomic mass is 35.5. The number of anilines is 1. The van der Waals surface area contributed by atoms with Crippen molar-refractivity contribution in [3.8, 4) is 0 Å². The van der Waals surface area contributed by atoms with Crippen molar-refractivity contribution < 1.29 is 5.11 Å². The Labute approximate surface area is 134 Å². The van der Waals surface area contributed by atoms with E-state index in [2.05, 4.69) is 22.0 Å². The molecule has 0 aliphatic heterocycles. The zero-order valence-electron chi connectivity index (χ0n) is 12.1. The molecule has 0 atom stereocenters. The monoisotopic (exact) mass is 312 g/mol. The Kier molecular flexibility index (Phi) is 4.56. The van der Waals surface area contributed by atoms with Crippen LogP contribution < -0.4 is 4.90 Å². The van der Waals surface area contributed by atoms with Crippen molar-refractivity contribution in [3.63, 3.8) is 0 Å². The van der Waals surface area contributed by atoms with Crippen LogP contribution in [0.2, 0.25) is 5.02 Å². The van der Waals surface area contributed by atoms with Gasteiger partial charge in [0.25, 0.3) is 0 Å². The van der Waals surface area contributed by atoms with E-state index in [-0.39, 0.29) is 6.61 Å². The Morgan fingerprint density at radius 3 is 2.64 bits per heavy atom. The molecule has 0 aliphatic carbocycles. The average molecular weight is 313 g/mol. The normalized spacial score (nSPS) is 10.8. The summed E-state index contributed by atoms with van der Waals surface area (Å²) in [5.41, 5.74) is 3.13. The predicted molar refractivity (Wildman–Crippen MR) is 91.3 cm³/mol. The Balaban J connectivity index is 2.03. The van der Waals surface area contributed by atoms with Gasteiger partial charge in [0.1, 0.15) is 0 Å². The molecule has 0 saturated carbocycles. The second-order valence-electron chi connectivity index (χ2n) is 5.12. The van der Waals surface area contributed by atoms with Crippen LogP contribution in [-0.4, -0.2) is 23.2 Å². The number of aliphatic hydroxyl groups excluding tert-OH is 1. The number of benzene rings is 2. The molecule has 3 aromatic rings. The highest BCUT2D eigenvalue weighted by Crippen LogP contribution is 2.28. The summed E-state index contributed by atoms with van der Waals surface area (Å²) in [5.74, 6) is 0. The van der Waals surface area contributed by atoms with Crippen molar-refractivity contribution in [2.45, 2.75) is 6.54 Å². The second-order valence-corrected chi connectivity index (χ2v) is 5.56. The van der Waals surface area contributed by atoms with Gasteiger partial charge in [-0.1, -0.05) is 41.9 Å². The summed E-state index contributed by atoms with van der Waals surface area (Å²) >= 11 is 6.14. The summed E-state index contributed by atoms with van der Waals surface area (Å²) < 4.78 is 0. The molecule has 3 nitrogen and oxygen atoms in total. The fourth-order valence-corrected chi connectivity index (χ4v) is 2.76. The molecule has 0 bridgehead atoms. The standard InChI is InChI=1S/C18H17ClN2O/c19-15-6-7-17-16(12-15)18(8-9-20-17)21(10-11-22)13-14-4-2-1-3-5-14/h1-9,12,22H,10-11,13H2. The molecule has 0 spiro atoms. The van der Waals surface area contributed by atoms with E-state index in [0.717, 1.165) is 23.1 Å². The molecule has 1 heterocycles. The predicted octanol–water partition coefficient (Wildman–Crippen LogP) is 3.89. The fraction of sp³-hybridized carbons (Fsp3) is 0.167. The van der Waals surface area contributed by atoms with E-state index >= 15 is 0 Å². The highest BCUT2D eigenvalue weighted by molar-refractivity contribution is 6.31. The summed E-state index contributed by atoms with van der Waals surface area (Å²) in [4.78, 5) is 6.53. The third-order valence-corrected chi connectivity index (χ3v) is 3.84. The molecular weight excluding hydrogens is 296 g/mol. The van der Waals surface area contributed by atoms with Crippen LogP contribution in [0.1, 0.15) is 5.56 Å². The zero-order chi connectivity index (χ0) is 15.4. The molecule has 0 unspecified atom stereocenters. The van der Waals surface area contributed by atoms with Gasteiger partial charge in [-0.25, -0.2) is 0 Å². The van der Waals surface area contributed by atoms with Crippen LogP contribution in [0.4, 0.5) is 5.69 Å². The number of fused-ring (bicyclic) bond motifs is 1. The van der Waals surface area contributed by atoms with Crippen molar-refractivity contribution in [3.05, 3.63) is 71.4 Å². The summed E-state index contributed by atoms with van der Waals surface area (Å²) in [5, 5.41) is 11.1. The van der Waals surface area contributed by atoms with Gasteiger partial charge in [0.05, 0.1) is 12.1 Å². The molecular formula is C18H17ClN2O. The first kappa shape index (κ1) is 14.8. The number of nitrogens with zero attached hydrogens (tertiary/aromatic N) is 2. The molecule has 4 heteroatoms. The minimum atomic E-state index is 0.0945. The van der Waals surface area contributed by atoms with Crippen molar-refractivity contribution in [2.75, 3.05) is 18.1 Å². The number of halogens is 1. The Morgan fingerprint density at radius 2 is 1.86 bits per heavy atom. The first-order valence-corrected chi connectivity index (χ1v) is 7.60. The highest BCUT2D eigenvalue weighted by Gasteiger charge is 2.11. The Morgan fingerprint density at radius 1 is 1.05 bits per heavy atom. The molecule has 0 amide bonds. The van der Waals surface area contributed by atoms with Crippen LogP contribution in [0.15, 0.2) is 60.8 Å². The van der Waals surface area contributed by atoms with E-state index in [1.165, 1.54) is 5.56 Å². The Bertz CT molecular complexity index is 761. The van der Waals surface area contributed by atoms with Crippen molar-refractivity contribution in [2.24, 2.45) is 0 Å². The van der Waals surface area contributed by atoms with Gasteiger partial charge in [0, 0.05) is 35.4 Å². The number of rotatable bonds is 5. The number of hydrogen-bond acceptors (Lipinski definition) is 3. The molecule has 1 aromatic heterocycles. The first-order chi connectivity index (χ1) is 10.8. The van der Waals surface area contributed by atoms with Gasteiger partial charge in [-0.2, -0.15) is 0 Å². The first-order valence-electron chi connectivity index (χ1n) is 7.22. The van der Waals surface area contributed by atoms with E-state index in [4.69, 9.17) is 11.6 Å². The largest absolute Gasteiger partial charge is 0.395 e. The molecule has 0 radical (unpaired) electrons. The van der Waals surface area contributed by atoms with Crippen LogP contribution in [0.25, 0.3) is 10.9 Å². The van der Waals surface area contributed by atoms with E-state index in [1.807, 2.05) is 42.5 Å². The van der Waals surface area contributed by atoms with E-state index in [0.29, 0.717) is 11.6 Å². The van der Waals surface area contributed by atoms with Gasteiger partial charge in [0.15, 0.2) is 0 Å². The Hall–Kier alpha value is -2.10. The minimum absolute atomic E-state index is 0.0945. The molecule has 0 fully saturated rings. The molecule has 112 valence electrons. The van der Waals surface area contributed by atoms with Crippen LogP contribution >= 0.6 is 11.6 Å². The maximum atomic E-state index is 9.42. The lowest BCUT2D eigenvalue weighted by Gasteiger charge is -2.25. The van der Waals surface area contributed by atoms with Crippen LogP contribution in [-0.2, 0) is 6.54 Å². The topological polar surface area (TPSA) is 36.4 Å². The van der Waals surface area contributed by atoms with E-state index in [1.54, 1.807) is 6.20 Å². The van der Waals surface area contributed by atoms with Gasteiger partial charge < -0.3 is 10.0 Å². The SMILES string of the molecule is OCCN(Cc1ccccc1)c1ccnc2ccc(Cl)cc12. The van der Waals surface area contributed by atoms with Crippen LogP contribution in [0.3, 0.4) is 0 Å². The maximum Gasteiger partial charge on any atom is 0.0723 e. The lowest BCUT2D eigenvalue weighted by atomic mass is 10.1. The number of hydrogen-bond donors (Lipinski definition) is 1. The van der Waals surface area contributed by atoms with Crippen LogP contribution in [0, 0.1) is 0 Å². The summed E-state index contributed by atoms with van der Waals surface area (Å²) in [6, 6.07) is 17.9. The molecule has 22 heavy (non-hydrogen) atoms. The molecule has 0 saturated heterocycles. The second kappa shape index (κ2) is 6.77. The lowest BCUT2D eigenvalue weighted by Crippen LogP contribution is -2.26. The number of aliphatic hydroxyl groups is 1. The number of pyridine rings is 1. The minimum Gasteiger partial charge on any atom is -0.395 e. The summed E-state index contributed by atoms with van der Waals surface area (Å²) in [6.45, 7) is 1.38. The van der Waals surface area contributed by atoms with Crippen molar-refractivity contribution in [1.29, 1.82) is 0 Å². The molecule has 0 aliphatic rings. The number of aromatic nitrogens is 1. The average Bonchev–Trinajstić information content (AvgIpc) is 2.55. The third kappa shape index (κ3) is 3.21. The lowest BCUT2D eigenvalue weighted by molar-refractivity contribution is 0.301. The van der Waals surface area contributed by atoms with Gasteiger partial charge >= 0.3 is 0 Å². The zero-order valence-corrected chi connectivity index (χ0v) is 12.9. The smallest absolute Gasteiger partial charge is 0.0723 e. The van der Waals surface area contributed by atoms with Crippen molar-refractivity contribution >= 4 is 28.2 Å².